The largest absolute Gasteiger partial charge is 0.467 e. The molecule has 126 valence electrons. The summed E-state index contributed by atoms with van der Waals surface area (Å²) >= 11 is 0. The Balaban J connectivity index is 2.25. The standard InChI is InChI=1S/C18H25NO4/c1-12-9-13(2)15(14(3)10-12)11-16(20)19(22)18(17(21)23-4)7-5-6-8-18/h9-10,22H,5-8,11H2,1-4H3. The molecular formula is C18H25NO4. The van der Waals surface area contributed by atoms with Gasteiger partial charge in [-0.15, -0.1) is 0 Å². The zero-order valence-electron chi connectivity index (χ0n) is 14.3. The third kappa shape index (κ3) is 3.24. The van der Waals surface area contributed by atoms with E-state index < -0.39 is 17.4 Å². The maximum absolute atomic E-state index is 12.6. The minimum Gasteiger partial charge on any atom is -0.467 e. The molecule has 23 heavy (non-hydrogen) atoms. The van der Waals surface area contributed by atoms with Gasteiger partial charge in [0, 0.05) is 0 Å². The normalized spacial score (nSPS) is 16.2. The Kier molecular flexibility index (Phi) is 5.09. The molecule has 1 aliphatic carbocycles. The Hall–Kier alpha value is -1.88. The molecule has 1 aliphatic rings. The molecule has 5 heteroatoms. The number of amides is 1. The zero-order valence-corrected chi connectivity index (χ0v) is 14.3. The van der Waals surface area contributed by atoms with E-state index in [-0.39, 0.29) is 6.42 Å². The van der Waals surface area contributed by atoms with Gasteiger partial charge in [-0.1, -0.05) is 30.5 Å². The second-order valence-electron chi connectivity index (χ2n) is 6.49. The molecule has 1 aromatic carbocycles. The average Bonchev–Trinajstić information content (AvgIpc) is 2.99. The van der Waals surface area contributed by atoms with Gasteiger partial charge >= 0.3 is 5.97 Å². The van der Waals surface area contributed by atoms with E-state index in [0.29, 0.717) is 17.9 Å². The third-order valence-corrected chi connectivity index (χ3v) is 4.81. The monoisotopic (exact) mass is 319 g/mol. The molecule has 1 N–H and O–H groups in total. The van der Waals surface area contributed by atoms with Crippen LogP contribution in [0.25, 0.3) is 0 Å². The number of benzene rings is 1. The van der Waals surface area contributed by atoms with Gasteiger partial charge in [-0.25, -0.2) is 9.86 Å². The van der Waals surface area contributed by atoms with Crippen LogP contribution in [-0.4, -0.2) is 34.8 Å². The summed E-state index contributed by atoms with van der Waals surface area (Å²) < 4.78 is 4.83. The molecule has 0 bridgehead atoms. The first kappa shape index (κ1) is 17.5. The molecule has 1 saturated carbocycles. The van der Waals surface area contributed by atoms with Gasteiger partial charge in [-0.2, -0.15) is 0 Å². The minimum absolute atomic E-state index is 0.0766. The second kappa shape index (κ2) is 6.71. The number of methoxy groups -OCH3 is 1. The van der Waals surface area contributed by atoms with E-state index in [2.05, 4.69) is 0 Å². The lowest BCUT2D eigenvalue weighted by Gasteiger charge is -2.33. The SMILES string of the molecule is COC(=O)C1(N(O)C(=O)Cc2c(C)cc(C)cc2C)CCCC1. The van der Waals surface area contributed by atoms with E-state index >= 15 is 0 Å². The number of carbonyl (C=O) groups excluding carboxylic acids is 2. The Morgan fingerprint density at radius 3 is 2.17 bits per heavy atom. The predicted octanol–water partition coefficient (Wildman–Crippen LogP) is 2.86. The summed E-state index contributed by atoms with van der Waals surface area (Å²) in [7, 11) is 1.29. The molecule has 0 atom stereocenters. The molecule has 1 fully saturated rings. The van der Waals surface area contributed by atoms with E-state index in [9.17, 15) is 14.8 Å². The van der Waals surface area contributed by atoms with Crippen molar-refractivity contribution in [1.29, 1.82) is 0 Å². The van der Waals surface area contributed by atoms with Crippen molar-refractivity contribution in [1.82, 2.24) is 5.06 Å². The average molecular weight is 319 g/mol. The summed E-state index contributed by atoms with van der Waals surface area (Å²) in [5.74, 6) is -1.00. The fourth-order valence-electron chi connectivity index (χ4n) is 3.61. The Bertz CT molecular complexity index is 594. The summed E-state index contributed by atoms with van der Waals surface area (Å²) in [5, 5.41) is 11.1. The number of aryl methyl sites for hydroxylation is 3. The third-order valence-electron chi connectivity index (χ3n) is 4.81. The molecule has 0 aliphatic heterocycles. The lowest BCUT2D eigenvalue weighted by molar-refractivity contribution is -0.205. The summed E-state index contributed by atoms with van der Waals surface area (Å²) in [6, 6.07) is 4.03. The van der Waals surface area contributed by atoms with Gasteiger partial charge in [0.2, 0.25) is 0 Å². The molecule has 0 aromatic heterocycles. The van der Waals surface area contributed by atoms with Crippen LogP contribution >= 0.6 is 0 Å². The van der Waals surface area contributed by atoms with Crippen molar-refractivity contribution in [3.63, 3.8) is 0 Å². The van der Waals surface area contributed by atoms with Gasteiger partial charge in [-0.3, -0.25) is 10.0 Å². The lowest BCUT2D eigenvalue weighted by Crippen LogP contribution is -2.54. The summed E-state index contributed by atoms with van der Waals surface area (Å²) in [6.45, 7) is 5.92. The first-order valence-electron chi connectivity index (χ1n) is 7.99. The quantitative estimate of drug-likeness (QED) is 0.526. The lowest BCUT2D eigenvalue weighted by atomic mass is 9.94. The first-order valence-corrected chi connectivity index (χ1v) is 7.99. The molecule has 0 saturated heterocycles. The Morgan fingerprint density at radius 2 is 1.70 bits per heavy atom. The number of ether oxygens (including phenoxy) is 1. The highest BCUT2D eigenvalue weighted by molar-refractivity contribution is 5.88. The van der Waals surface area contributed by atoms with Crippen molar-refractivity contribution in [2.24, 2.45) is 0 Å². The van der Waals surface area contributed by atoms with Crippen LogP contribution in [0.15, 0.2) is 12.1 Å². The first-order chi connectivity index (χ1) is 10.8. The molecule has 0 heterocycles. The smallest absolute Gasteiger partial charge is 0.334 e. The van der Waals surface area contributed by atoms with Gasteiger partial charge in [-0.05, 0) is 50.3 Å². The molecular weight excluding hydrogens is 294 g/mol. The van der Waals surface area contributed by atoms with Crippen molar-refractivity contribution < 1.29 is 19.5 Å². The molecule has 0 unspecified atom stereocenters. The van der Waals surface area contributed by atoms with Crippen LogP contribution in [0.5, 0.6) is 0 Å². The number of rotatable bonds is 4. The van der Waals surface area contributed by atoms with Gasteiger partial charge in [0.25, 0.3) is 5.91 Å². The van der Waals surface area contributed by atoms with Crippen molar-refractivity contribution >= 4 is 11.9 Å². The van der Waals surface area contributed by atoms with Crippen molar-refractivity contribution in [2.45, 2.75) is 58.4 Å². The van der Waals surface area contributed by atoms with Gasteiger partial charge < -0.3 is 4.74 Å². The van der Waals surface area contributed by atoms with E-state index in [1.165, 1.54) is 7.11 Å². The maximum Gasteiger partial charge on any atom is 0.334 e. The molecule has 1 amide bonds. The van der Waals surface area contributed by atoms with Crippen LogP contribution in [0.1, 0.15) is 47.9 Å². The summed E-state index contributed by atoms with van der Waals surface area (Å²) in [4.78, 5) is 24.7. The van der Waals surface area contributed by atoms with Gasteiger partial charge in [0.05, 0.1) is 13.5 Å². The van der Waals surface area contributed by atoms with Crippen LogP contribution in [0.4, 0.5) is 0 Å². The van der Waals surface area contributed by atoms with Crippen LogP contribution < -0.4 is 0 Å². The fraction of sp³-hybridized carbons (Fsp3) is 0.556. The van der Waals surface area contributed by atoms with E-state index in [1.807, 2.05) is 32.9 Å². The van der Waals surface area contributed by atoms with E-state index in [1.54, 1.807) is 0 Å². The maximum atomic E-state index is 12.6. The molecule has 5 nitrogen and oxygen atoms in total. The zero-order chi connectivity index (χ0) is 17.2. The fourth-order valence-corrected chi connectivity index (χ4v) is 3.61. The summed E-state index contributed by atoms with van der Waals surface area (Å²) in [6.07, 6.45) is 2.54. The van der Waals surface area contributed by atoms with Crippen molar-refractivity contribution in [3.05, 3.63) is 34.4 Å². The Labute approximate surface area is 137 Å². The van der Waals surface area contributed by atoms with Gasteiger partial charge in [0.15, 0.2) is 5.54 Å². The van der Waals surface area contributed by atoms with Crippen LogP contribution in [0.3, 0.4) is 0 Å². The number of hydrogen-bond donors (Lipinski definition) is 1. The van der Waals surface area contributed by atoms with Crippen LogP contribution in [0.2, 0.25) is 0 Å². The topological polar surface area (TPSA) is 66.8 Å². The summed E-state index contributed by atoms with van der Waals surface area (Å²) in [5.41, 5.74) is 2.85. The van der Waals surface area contributed by atoms with E-state index in [0.717, 1.165) is 35.1 Å². The number of carbonyl (C=O) groups is 2. The highest BCUT2D eigenvalue weighted by atomic mass is 16.6. The van der Waals surface area contributed by atoms with Crippen LogP contribution in [-0.2, 0) is 20.7 Å². The highest BCUT2D eigenvalue weighted by Gasteiger charge is 2.49. The van der Waals surface area contributed by atoms with Crippen molar-refractivity contribution in [2.75, 3.05) is 7.11 Å². The molecule has 1 aromatic rings. The number of nitrogens with zero attached hydrogens (tertiary/aromatic N) is 1. The Morgan fingerprint density at radius 1 is 1.17 bits per heavy atom. The number of hydrogen-bond acceptors (Lipinski definition) is 4. The van der Waals surface area contributed by atoms with E-state index in [4.69, 9.17) is 4.74 Å². The molecule has 2 rings (SSSR count). The van der Waals surface area contributed by atoms with Gasteiger partial charge in [0.1, 0.15) is 0 Å². The highest BCUT2D eigenvalue weighted by Crippen LogP contribution is 2.36. The van der Waals surface area contributed by atoms with Crippen LogP contribution in [0, 0.1) is 20.8 Å². The number of esters is 1. The predicted molar refractivity (Wildman–Crippen MR) is 86.2 cm³/mol. The minimum atomic E-state index is -1.22. The second-order valence-corrected chi connectivity index (χ2v) is 6.49. The molecule has 0 radical (unpaired) electrons. The molecule has 0 spiro atoms. The van der Waals surface area contributed by atoms with Crippen molar-refractivity contribution in [3.8, 4) is 0 Å². The number of hydroxylamine groups is 2.